The lowest BCUT2D eigenvalue weighted by molar-refractivity contribution is -0.126. The van der Waals surface area contributed by atoms with Gasteiger partial charge in [0.25, 0.3) is 0 Å². The molecule has 3 rings (SSSR count). The fourth-order valence-electron chi connectivity index (χ4n) is 3.22. The lowest BCUT2D eigenvalue weighted by atomic mass is 10.1. The van der Waals surface area contributed by atoms with E-state index in [2.05, 4.69) is 4.99 Å². The number of hydrogen-bond donors (Lipinski definition) is 0. The van der Waals surface area contributed by atoms with Gasteiger partial charge in [-0.2, -0.15) is 0 Å². The fraction of sp³-hybridized carbons (Fsp3) is 0.350. The number of likely N-dealkylation sites (tertiary alicyclic amines) is 1. The molecule has 130 valence electrons. The van der Waals surface area contributed by atoms with Gasteiger partial charge in [-0.1, -0.05) is 42.0 Å². The minimum absolute atomic E-state index is 0.0434. The number of hydrogen-bond acceptors (Lipinski definition) is 3. The Morgan fingerprint density at radius 2 is 2.24 bits per heavy atom. The van der Waals surface area contributed by atoms with E-state index in [0.717, 1.165) is 36.2 Å². The first-order valence-corrected chi connectivity index (χ1v) is 8.96. The minimum Gasteiger partial charge on any atom is -0.331 e. The lowest BCUT2D eigenvalue weighted by Gasteiger charge is -2.24. The smallest absolute Gasteiger partial charge is 0.250 e. The van der Waals surface area contributed by atoms with Crippen molar-refractivity contribution in [2.24, 2.45) is 9.98 Å². The van der Waals surface area contributed by atoms with E-state index in [0.29, 0.717) is 17.4 Å². The maximum absolute atomic E-state index is 12.7. The number of nitrogens with zero attached hydrogens (tertiary/aromatic N) is 3. The Morgan fingerprint density at radius 3 is 3.00 bits per heavy atom. The Labute approximate surface area is 153 Å². The third kappa shape index (κ3) is 3.90. The van der Waals surface area contributed by atoms with Crippen LogP contribution in [0.5, 0.6) is 0 Å². The number of aliphatic imine (C=N–C) groups is 2. The lowest BCUT2D eigenvalue weighted by Crippen LogP contribution is -2.41. The molecule has 1 unspecified atom stereocenters. The fourth-order valence-corrected chi connectivity index (χ4v) is 3.41. The van der Waals surface area contributed by atoms with Gasteiger partial charge in [0.05, 0.1) is 18.3 Å². The summed E-state index contributed by atoms with van der Waals surface area (Å²) in [5.74, 6) is 0.789. The molecular formula is C20H22ClN3O. The zero-order chi connectivity index (χ0) is 17.8. The highest BCUT2D eigenvalue weighted by Crippen LogP contribution is 2.24. The molecule has 1 atom stereocenters. The maximum atomic E-state index is 12.7. The largest absolute Gasteiger partial charge is 0.331 e. The Balaban J connectivity index is 1.78. The predicted molar refractivity (Wildman–Crippen MR) is 104 cm³/mol. The quantitative estimate of drug-likeness (QED) is 0.593. The first-order chi connectivity index (χ1) is 12.1. The van der Waals surface area contributed by atoms with Crippen LogP contribution in [0.1, 0.15) is 32.3 Å². The van der Waals surface area contributed by atoms with Crippen LogP contribution in [0.25, 0.3) is 0 Å². The second-order valence-electron chi connectivity index (χ2n) is 6.29. The van der Waals surface area contributed by atoms with Gasteiger partial charge in [-0.3, -0.25) is 9.79 Å². The maximum Gasteiger partial charge on any atom is 0.250 e. The van der Waals surface area contributed by atoms with E-state index in [1.807, 2.05) is 61.2 Å². The van der Waals surface area contributed by atoms with Gasteiger partial charge in [-0.15, -0.1) is 0 Å². The van der Waals surface area contributed by atoms with Crippen molar-refractivity contribution < 1.29 is 4.79 Å². The standard InChI is InChI=1S/C20H22ClN3O/c1-3-4-7-14(2)20(25)24-11-6-10-18(24)17-13-22-19(23-17)15-8-5-9-16(21)12-15/h3-5,7-9,12,18H,6,10-11,13H2,1-2H3/b4-3-,14-7+. The third-order valence-corrected chi connectivity index (χ3v) is 4.73. The van der Waals surface area contributed by atoms with Crippen molar-refractivity contribution in [3.05, 3.63) is 58.7 Å². The minimum atomic E-state index is 0.0434. The molecule has 0 aromatic heterocycles. The summed E-state index contributed by atoms with van der Waals surface area (Å²) in [4.78, 5) is 23.9. The van der Waals surface area contributed by atoms with E-state index in [9.17, 15) is 4.79 Å². The van der Waals surface area contributed by atoms with E-state index < -0.39 is 0 Å². The van der Waals surface area contributed by atoms with Gasteiger partial charge in [0.2, 0.25) is 5.91 Å². The summed E-state index contributed by atoms with van der Waals surface area (Å²) in [6, 6.07) is 7.60. The second kappa shape index (κ2) is 7.79. The third-order valence-electron chi connectivity index (χ3n) is 4.50. The molecule has 1 aromatic carbocycles. The number of amidine groups is 1. The van der Waals surface area contributed by atoms with Crippen LogP contribution >= 0.6 is 11.6 Å². The molecule has 1 saturated heterocycles. The van der Waals surface area contributed by atoms with Crippen LogP contribution in [0, 0.1) is 0 Å². The molecule has 1 aromatic rings. The summed E-state index contributed by atoms with van der Waals surface area (Å²) in [5.41, 5.74) is 2.64. The summed E-state index contributed by atoms with van der Waals surface area (Å²) >= 11 is 6.06. The number of benzene rings is 1. The number of halogens is 1. The number of amides is 1. The van der Waals surface area contributed by atoms with Gasteiger partial charge in [-0.05, 0) is 38.8 Å². The van der Waals surface area contributed by atoms with Gasteiger partial charge >= 0.3 is 0 Å². The topological polar surface area (TPSA) is 45.0 Å². The first kappa shape index (κ1) is 17.6. The van der Waals surface area contributed by atoms with Gasteiger partial charge in [0.15, 0.2) is 5.84 Å². The molecule has 0 aliphatic carbocycles. The monoisotopic (exact) mass is 355 g/mol. The molecule has 4 nitrogen and oxygen atoms in total. The van der Waals surface area contributed by atoms with Crippen LogP contribution in [0.15, 0.2) is 58.1 Å². The average Bonchev–Trinajstić information content (AvgIpc) is 3.27. The molecule has 0 radical (unpaired) electrons. The van der Waals surface area contributed by atoms with E-state index in [1.54, 1.807) is 0 Å². The van der Waals surface area contributed by atoms with Crippen LogP contribution in [-0.2, 0) is 4.79 Å². The summed E-state index contributed by atoms with van der Waals surface area (Å²) in [6.45, 7) is 5.13. The molecule has 25 heavy (non-hydrogen) atoms. The van der Waals surface area contributed by atoms with Gasteiger partial charge in [0, 0.05) is 22.7 Å². The number of carbonyl (C=O) groups is 1. The average molecular weight is 356 g/mol. The molecule has 0 N–H and O–H groups in total. The van der Waals surface area contributed by atoms with Gasteiger partial charge in [-0.25, -0.2) is 4.99 Å². The Morgan fingerprint density at radius 1 is 1.40 bits per heavy atom. The van der Waals surface area contributed by atoms with E-state index >= 15 is 0 Å². The van der Waals surface area contributed by atoms with Crippen molar-refractivity contribution in [1.29, 1.82) is 0 Å². The van der Waals surface area contributed by atoms with Crippen LogP contribution in [0.4, 0.5) is 0 Å². The van der Waals surface area contributed by atoms with Crippen molar-refractivity contribution in [3.8, 4) is 0 Å². The van der Waals surface area contributed by atoms with Gasteiger partial charge < -0.3 is 4.90 Å². The first-order valence-electron chi connectivity index (χ1n) is 8.58. The molecule has 2 aliphatic rings. The van der Waals surface area contributed by atoms with E-state index in [-0.39, 0.29) is 11.9 Å². The van der Waals surface area contributed by atoms with Crippen molar-refractivity contribution in [3.63, 3.8) is 0 Å². The summed E-state index contributed by atoms with van der Waals surface area (Å²) in [7, 11) is 0. The Bertz CT molecular complexity index is 792. The zero-order valence-electron chi connectivity index (χ0n) is 14.6. The SMILES string of the molecule is C/C=C\C=C(/C)C(=O)N1CCCC1C1=NC(c2cccc(Cl)c2)=NC1. The summed E-state index contributed by atoms with van der Waals surface area (Å²) < 4.78 is 0. The molecule has 2 heterocycles. The molecule has 0 bridgehead atoms. The molecule has 0 saturated carbocycles. The molecule has 1 fully saturated rings. The highest BCUT2D eigenvalue weighted by atomic mass is 35.5. The van der Waals surface area contributed by atoms with Crippen LogP contribution in [0.2, 0.25) is 5.02 Å². The molecule has 2 aliphatic heterocycles. The van der Waals surface area contributed by atoms with Gasteiger partial charge in [0.1, 0.15) is 0 Å². The Kier molecular flexibility index (Phi) is 5.49. The van der Waals surface area contributed by atoms with Crippen molar-refractivity contribution in [2.75, 3.05) is 13.1 Å². The zero-order valence-corrected chi connectivity index (χ0v) is 15.3. The number of allylic oxidation sites excluding steroid dienone is 3. The highest BCUT2D eigenvalue weighted by molar-refractivity contribution is 6.31. The second-order valence-corrected chi connectivity index (χ2v) is 6.72. The van der Waals surface area contributed by atoms with E-state index in [1.165, 1.54) is 0 Å². The molecular weight excluding hydrogens is 334 g/mol. The van der Waals surface area contributed by atoms with Crippen LogP contribution in [-0.4, -0.2) is 41.5 Å². The summed E-state index contributed by atoms with van der Waals surface area (Å²) in [5, 5.41) is 0.672. The normalized spacial score (nSPS) is 21.0. The number of rotatable bonds is 4. The summed E-state index contributed by atoms with van der Waals surface area (Å²) in [6.07, 6.45) is 7.62. The van der Waals surface area contributed by atoms with E-state index in [4.69, 9.17) is 16.6 Å². The molecule has 1 amide bonds. The van der Waals surface area contributed by atoms with Crippen molar-refractivity contribution in [2.45, 2.75) is 32.7 Å². The Hall–Kier alpha value is -2.20. The predicted octanol–water partition coefficient (Wildman–Crippen LogP) is 4.05. The van der Waals surface area contributed by atoms with Crippen molar-refractivity contribution in [1.82, 2.24) is 4.90 Å². The van der Waals surface area contributed by atoms with Crippen LogP contribution in [0.3, 0.4) is 0 Å². The van der Waals surface area contributed by atoms with Crippen molar-refractivity contribution >= 4 is 29.1 Å². The van der Waals surface area contributed by atoms with Crippen LogP contribution < -0.4 is 0 Å². The molecule has 0 spiro atoms. The molecule has 5 heteroatoms. The number of carbonyl (C=O) groups excluding carboxylic acids is 1. The highest BCUT2D eigenvalue weighted by Gasteiger charge is 2.34.